The summed E-state index contributed by atoms with van der Waals surface area (Å²) in [4.78, 5) is 11.7. The van der Waals surface area contributed by atoms with Crippen molar-refractivity contribution < 1.29 is 18.3 Å². The molecule has 1 amide bonds. The Balaban J connectivity index is 1.99. The second-order valence-electron chi connectivity index (χ2n) is 5.80. The van der Waals surface area contributed by atoms with E-state index in [1.807, 2.05) is 0 Å². The van der Waals surface area contributed by atoms with Crippen molar-refractivity contribution in [3.63, 3.8) is 0 Å². The minimum atomic E-state index is -3.61. The van der Waals surface area contributed by atoms with Crippen LogP contribution in [0.5, 0.6) is 5.75 Å². The fraction of sp³-hybridized carbons (Fsp3) is 0.176. The van der Waals surface area contributed by atoms with Crippen LogP contribution in [-0.2, 0) is 14.8 Å². The third-order valence-corrected chi connectivity index (χ3v) is 6.37. The van der Waals surface area contributed by atoms with Crippen LogP contribution in [0.1, 0.15) is 13.3 Å². The van der Waals surface area contributed by atoms with Gasteiger partial charge in [0.25, 0.3) is 0 Å². The van der Waals surface area contributed by atoms with Crippen LogP contribution >= 0.6 is 23.1 Å². The average molecular weight is 454 g/mol. The van der Waals surface area contributed by atoms with Gasteiger partial charge >= 0.3 is 0 Å². The normalized spacial score (nSPS) is 12.0. The third-order valence-electron chi connectivity index (χ3n) is 3.91. The molecule has 0 bridgehead atoms. The molecule has 0 radical (unpaired) electrons. The van der Waals surface area contributed by atoms with E-state index in [4.69, 9.17) is 11.6 Å². The summed E-state index contributed by atoms with van der Waals surface area (Å²) in [7, 11) is -2.28. The molecule has 1 aromatic heterocycles. The van der Waals surface area contributed by atoms with E-state index >= 15 is 0 Å². The molecular weight excluding hydrogens is 438 g/mol. The Bertz CT molecular complexity index is 1220. The first-order valence-electron chi connectivity index (χ1n) is 8.32. The lowest BCUT2D eigenvalue weighted by atomic mass is 10.2. The Morgan fingerprint density at radius 3 is 2.72 bits per heavy atom. The van der Waals surface area contributed by atoms with Gasteiger partial charge in [-0.25, -0.2) is 13.1 Å². The monoisotopic (exact) mass is 453 g/mol. The maximum absolute atomic E-state index is 12.0. The molecular formula is C17H16ClN5O4S2. The fourth-order valence-electron chi connectivity index (χ4n) is 2.34. The van der Waals surface area contributed by atoms with Gasteiger partial charge in [0.2, 0.25) is 15.9 Å². The minimum Gasteiger partial charge on any atom is -0.504 e. The molecule has 152 valence electrons. The molecule has 0 fully saturated rings. The van der Waals surface area contributed by atoms with E-state index in [0.29, 0.717) is 21.6 Å². The van der Waals surface area contributed by atoms with Crippen LogP contribution in [0.15, 0.2) is 45.5 Å². The highest BCUT2D eigenvalue weighted by molar-refractivity contribution is 7.89. The zero-order chi connectivity index (χ0) is 21.2. The number of carbonyl (C=O) groups is 1. The lowest BCUT2D eigenvalue weighted by molar-refractivity contribution is -0.115. The first kappa shape index (κ1) is 21.1. The van der Waals surface area contributed by atoms with Crippen LogP contribution < -0.4 is 10.0 Å². The van der Waals surface area contributed by atoms with Crippen LogP contribution in [0.25, 0.3) is 10.9 Å². The first-order valence-corrected chi connectivity index (χ1v) is 11.0. The quantitative estimate of drug-likeness (QED) is 0.377. The molecule has 3 N–H and O–H groups in total. The standard InChI is InChI=1S/C17H16ClN5O4S2/c1-3-15(24)20-14-7-9(6-12(18)16(14)25)21-22-17-11-8-10(29(26,27)19-2)4-5-13(11)23-28-17/h4-8,19,25H,3H2,1-2H3,(H,20,24). The number of hydrogen-bond donors (Lipinski definition) is 3. The van der Waals surface area contributed by atoms with Gasteiger partial charge in [-0.05, 0) is 48.9 Å². The average Bonchev–Trinajstić information content (AvgIpc) is 3.12. The number of benzene rings is 2. The highest BCUT2D eigenvalue weighted by atomic mass is 35.5. The topological polar surface area (TPSA) is 133 Å². The zero-order valence-electron chi connectivity index (χ0n) is 15.3. The van der Waals surface area contributed by atoms with Crippen LogP contribution in [0.2, 0.25) is 5.02 Å². The van der Waals surface area contributed by atoms with Gasteiger partial charge in [-0.1, -0.05) is 18.5 Å². The molecule has 0 saturated carbocycles. The molecule has 0 saturated heterocycles. The Labute approximate surface area is 175 Å². The van der Waals surface area contributed by atoms with Crippen molar-refractivity contribution in [3.8, 4) is 5.75 Å². The fourth-order valence-corrected chi connectivity index (χ4v) is 4.00. The van der Waals surface area contributed by atoms with Crippen molar-refractivity contribution >= 4 is 66.3 Å². The summed E-state index contributed by atoms with van der Waals surface area (Å²) in [5, 5.41) is 21.7. The van der Waals surface area contributed by atoms with Crippen molar-refractivity contribution in [3.05, 3.63) is 35.4 Å². The largest absolute Gasteiger partial charge is 0.504 e. The number of azo groups is 1. The molecule has 29 heavy (non-hydrogen) atoms. The maximum Gasteiger partial charge on any atom is 0.240 e. The van der Waals surface area contributed by atoms with Gasteiger partial charge in [0.1, 0.15) is 0 Å². The Hall–Kier alpha value is -2.60. The second-order valence-corrected chi connectivity index (χ2v) is 8.85. The molecule has 0 atom stereocenters. The van der Waals surface area contributed by atoms with E-state index in [1.165, 1.54) is 31.3 Å². The number of nitrogens with one attached hydrogen (secondary N) is 2. The van der Waals surface area contributed by atoms with Gasteiger partial charge in [-0.3, -0.25) is 4.79 Å². The molecule has 3 rings (SSSR count). The third kappa shape index (κ3) is 4.53. The molecule has 9 nitrogen and oxygen atoms in total. The summed E-state index contributed by atoms with van der Waals surface area (Å²) in [6.07, 6.45) is 0.230. The van der Waals surface area contributed by atoms with Crippen molar-refractivity contribution in [1.29, 1.82) is 0 Å². The summed E-state index contributed by atoms with van der Waals surface area (Å²) in [5.41, 5.74) is 0.994. The summed E-state index contributed by atoms with van der Waals surface area (Å²) < 4.78 is 30.5. The highest BCUT2D eigenvalue weighted by Crippen LogP contribution is 2.38. The highest BCUT2D eigenvalue weighted by Gasteiger charge is 2.15. The Morgan fingerprint density at radius 2 is 2.03 bits per heavy atom. The summed E-state index contributed by atoms with van der Waals surface area (Å²) in [6, 6.07) is 7.33. The number of fused-ring (bicyclic) bond motifs is 1. The molecule has 0 spiro atoms. The number of rotatable bonds is 6. The predicted octanol–water partition coefficient (Wildman–Crippen LogP) is 4.33. The SMILES string of the molecule is CCC(=O)Nc1cc(N=Nc2snc3ccc(S(=O)(=O)NC)cc23)cc(Cl)c1O. The van der Waals surface area contributed by atoms with Gasteiger partial charge in [-0.2, -0.15) is 4.37 Å². The number of nitrogens with zero attached hydrogens (tertiary/aromatic N) is 3. The maximum atomic E-state index is 12.0. The van der Waals surface area contributed by atoms with Crippen LogP contribution in [0, 0.1) is 0 Å². The molecule has 0 aliphatic heterocycles. The van der Waals surface area contributed by atoms with E-state index in [-0.39, 0.29) is 33.7 Å². The lowest BCUT2D eigenvalue weighted by Crippen LogP contribution is -2.18. The van der Waals surface area contributed by atoms with Gasteiger partial charge < -0.3 is 10.4 Å². The van der Waals surface area contributed by atoms with Crippen LogP contribution in [-0.4, -0.2) is 30.9 Å². The molecule has 3 aromatic rings. The summed E-state index contributed by atoms with van der Waals surface area (Å²) in [6.45, 7) is 1.68. The zero-order valence-corrected chi connectivity index (χ0v) is 17.7. The number of phenols is 1. The number of aromatic nitrogens is 1. The summed E-state index contributed by atoms with van der Waals surface area (Å²) >= 11 is 7.06. The van der Waals surface area contributed by atoms with Crippen molar-refractivity contribution in [1.82, 2.24) is 9.10 Å². The van der Waals surface area contributed by atoms with E-state index in [1.54, 1.807) is 13.0 Å². The Kier molecular flexibility index (Phi) is 6.13. The molecule has 12 heteroatoms. The minimum absolute atomic E-state index is 0.00409. The van der Waals surface area contributed by atoms with E-state index in [0.717, 1.165) is 11.5 Å². The number of anilines is 1. The number of phenolic OH excluding ortho intramolecular Hbond substituents is 1. The van der Waals surface area contributed by atoms with Gasteiger partial charge in [0.05, 0.1) is 26.8 Å². The van der Waals surface area contributed by atoms with Crippen molar-refractivity contribution in [2.24, 2.45) is 10.2 Å². The molecule has 0 aliphatic carbocycles. The molecule has 2 aromatic carbocycles. The number of amides is 1. The lowest BCUT2D eigenvalue weighted by Gasteiger charge is -2.08. The van der Waals surface area contributed by atoms with E-state index < -0.39 is 10.0 Å². The predicted molar refractivity (Wildman–Crippen MR) is 112 cm³/mol. The van der Waals surface area contributed by atoms with Crippen molar-refractivity contribution in [2.45, 2.75) is 18.2 Å². The smallest absolute Gasteiger partial charge is 0.240 e. The van der Waals surface area contributed by atoms with Gasteiger partial charge in [0, 0.05) is 11.8 Å². The number of aromatic hydroxyl groups is 1. The second kappa shape index (κ2) is 8.41. The number of sulfonamides is 1. The molecule has 0 unspecified atom stereocenters. The van der Waals surface area contributed by atoms with E-state index in [2.05, 4.69) is 24.6 Å². The Morgan fingerprint density at radius 1 is 1.28 bits per heavy atom. The molecule has 1 heterocycles. The first-order chi connectivity index (χ1) is 13.7. The molecule has 0 aliphatic rings. The number of carbonyl (C=O) groups excluding carboxylic acids is 1. The van der Waals surface area contributed by atoms with E-state index in [9.17, 15) is 18.3 Å². The van der Waals surface area contributed by atoms with Crippen LogP contribution in [0.3, 0.4) is 0 Å². The van der Waals surface area contributed by atoms with Crippen LogP contribution in [0.4, 0.5) is 16.4 Å². The van der Waals surface area contributed by atoms with Gasteiger partial charge in [0.15, 0.2) is 10.8 Å². The van der Waals surface area contributed by atoms with Crippen molar-refractivity contribution in [2.75, 3.05) is 12.4 Å². The van der Waals surface area contributed by atoms with Gasteiger partial charge in [-0.15, -0.1) is 10.2 Å². The number of hydrogen-bond acceptors (Lipinski definition) is 8. The number of halogens is 1. The summed E-state index contributed by atoms with van der Waals surface area (Å²) in [5.74, 6) is -0.560.